The molecule has 5 heteroatoms. The van der Waals surface area contributed by atoms with Crippen LogP contribution in [0.25, 0.3) is 0 Å². The van der Waals surface area contributed by atoms with Gasteiger partial charge in [0.25, 0.3) is 0 Å². The molecule has 2 rings (SSSR count). The van der Waals surface area contributed by atoms with Crippen LogP contribution in [0.1, 0.15) is 40.2 Å². The van der Waals surface area contributed by atoms with Gasteiger partial charge in [-0.2, -0.15) is 5.10 Å². The smallest absolute Gasteiger partial charge is 0.339 e. The van der Waals surface area contributed by atoms with Crippen molar-refractivity contribution >= 4 is 11.7 Å². The highest BCUT2D eigenvalue weighted by Gasteiger charge is 2.21. The second-order valence-electron chi connectivity index (χ2n) is 4.76. The molecule has 0 aliphatic heterocycles. The van der Waals surface area contributed by atoms with Gasteiger partial charge in [0.1, 0.15) is 5.56 Å². The third kappa shape index (κ3) is 2.76. The van der Waals surface area contributed by atoms with E-state index in [1.807, 2.05) is 31.2 Å². The molecule has 0 saturated heterocycles. The predicted molar refractivity (Wildman–Crippen MR) is 73.3 cm³/mol. The lowest BCUT2D eigenvalue weighted by Gasteiger charge is -2.10. The fourth-order valence-electron chi connectivity index (χ4n) is 2.18. The first-order valence-electron chi connectivity index (χ1n) is 6.11. The topological polar surface area (TPSA) is 92.0 Å². The van der Waals surface area contributed by atoms with E-state index >= 15 is 0 Å². The second-order valence-corrected chi connectivity index (χ2v) is 4.76. The van der Waals surface area contributed by atoms with E-state index in [1.165, 1.54) is 0 Å². The van der Waals surface area contributed by atoms with Crippen LogP contribution in [-0.2, 0) is 6.42 Å². The fourth-order valence-corrected chi connectivity index (χ4v) is 2.18. The van der Waals surface area contributed by atoms with Crippen molar-refractivity contribution in [1.82, 2.24) is 10.2 Å². The summed E-state index contributed by atoms with van der Waals surface area (Å²) in [6, 6.07) is 7.59. The molecule has 0 aliphatic carbocycles. The molecule has 1 unspecified atom stereocenters. The summed E-state index contributed by atoms with van der Waals surface area (Å²) < 4.78 is 0. The van der Waals surface area contributed by atoms with Gasteiger partial charge in [-0.05, 0) is 31.0 Å². The lowest BCUT2D eigenvalue weighted by Crippen LogP contribution is -2.07. The van der Waals surface area contributed by atoms with Crippen LogP contribution in [0.4, 0.5) is 5.69 Å². The number of aromatic amines is 1. The van der Waals surface area contributed by atoms with E-state index in [9.17, 15) is 9.90 Å². The molecule has 1 aromatic carbocycles. The predicted octanol–water partition coefficient (Wildman–Crippen LogP) is 2.34. The molecule has 1 aromatic heterocycles. The number of H-pyrrole nitrogens is 1. The van der Waals surface area contributed by atoms with Gasteiger partial charge >= 0.3 is 5.97 Å². The normalized spacial score (nSPS) is 12.3. The molecular weight excluding hydrogens is 242 g/mol. The second kappa shape index (κ2) is 5.14. The average Bonchev–Trinajstić information content (AvgIpc) is 2.74. The maximum absolute atomic E-state index is 11.2. The zero-order chi connectivity index (χ0) is 14.0. The number of aromatic nitrogens is 2. The summed E-state index contributed by atoms with van der Waals surface area (Å²) in [5, 5.41) is 16.1. The number of hydrogen-bond acceptors (Lipinski definition) is 3. The highest BCUT2D eigenvalue weighted by atomic mass is 16.4. The summed E-state index contributed by atoms with van der Waals surface area (Å²) in [4.78, 5) is 11.2. The third-order valence-electron chi connectivity index (χ3n) is 3.18. The Morgan fingerprint density at radius 2 is 2.05 bits per heavy atom. The molecule has 1 atom stereocenters. The number of nitrogens with two attached hydrogens (primary N) is 1. The summed E-state index contributed by atoms with van der Waals surface area (Å²) >= 11 is 0. The molecule has 1 heterocycles. The zero-order valence-electron chi connectivity index (χ0n) is 11.0. The number of benzene rings is 1. The van der Waals surface area contributed by atoms with Gasteiger partial charge in [0.15, 0.2) is 0 Å². The molecule has 2 aromatic rings. The van der Waals surface area contributed by atoms with Crippen molar-refractivity contribution in [3.05, 3.63) is 46.8 Å². The zero-order valence-corrected chi connectivity index (χ0v) is 11.0. The van der Waals surface area contributed by atoms with E-state index in [-0.39, 0.29) is 11.5 Å². The standard InChI is InChI=1S/C14H17N3O2/c1-8(7-10-3-5-11(15)6-4-10)13-12(14(18)19)9(2)16-17-13/h3-6,8H,7,15H2,1-2H3,(H,16,17)(H,18,19). The molecular formula is C14H17N3O2. The largest absolute Gasteiger partial charge is 0.478 e. The SMILES string of the molecule is Cc1[nH]nc(C(C)Cc2ccc(N)cc2)c1C(=O)O. The first-order valence-corrected chi connectivity index (χ1v) is 6.11. The van der Waals surface area contributed by atoms with Crippen molar-refractivity contribution in [2.45, 2.75) is 26.2 Å². The van der Waals surface area contributed by atoms with Crippen LogP contribution in [0.3, 0.4) is 0 Å². The van der Waals surface area contributed by atoms with Crippen LogP contribution in [0, 0.1) is 6.92 Å². The van der Waals surface area contributed by atoms with E-state index in [0.717, 1.165) is 17.7 Å². The Balaban J connectivity index is 2.23. The molecule has 0 spiro atoms. The van der Waals surface area contributed by atoms with Crippen LogP contribution in [0.5, 0.6) is 0 Å². The number of carboxylic acid groups (broad SMARTS) is 1. The van der Waals surface area contributed by atoms with Crippen molar-refractivity contribution in [2.24, 2.45) is 0 Å². The molecule has 0 radical (unpaired) electrons. The Kier molecular flexibility index (Phi) is 3.55. The van der Waals surface area contributed by atoms with E-state index in [2.05, 4.69) is 10.2 Å². The number of nitrogen functional groups attached to an aromatic ring is 1. The number of aryl methyl sites for hydroxylation is 1. The first kappa shape index (κ1) is 13.1. The van der Waals surface area contributed by atoms with Crippen molar-refractivity contribution in [3.8, 4) is 0 Å². The first-order chi connectivity index (χ1) is 8.99. The average molecular weight is 259 g/mol. The van der Waals surface area contributed by atoms with E-state index in [0.29, 0.717) is 11.4 Å². The van der Waals surface area contributed by atoms with Crippen LogP contribution >= 0.6 is 0 Å². The molecule has 19 heavy (non-hydrogen) atoms. The van der Waals surface area contributed by atoms with Crippen LogP contribution < -0.4 is 5.73 Å². The van der Waals surface area contributed by atoms with Crippen LogP contribution in [-0.4, -0.2) is 21.3 Å². The number of carbonyl (C=O) groups is 1. The number of nitrogens with one attached hydrogen (secondary N) is 1. The van der Waals surface area contributed by atoms with Crippen LogP contribution in [0.2, 0.25) is 0 Å². The van der Waals surface area contributed by atoms with Gasteiger partial charge < -0.3 is 10.8 Å². The Labute approximate surface area is 111 Å². The fraction of sp³-hybridized carbons (Fsp3) is 0.286. The van der Waals surface area contributed by atoms with Crippen molar-refractivity contribution in [3.63, 3.8) is 0 Å². The van der Waals surface area contributed by atoms with Crippen LogP contribution in [0.15, 0.2) is 24.3 Å². The van der Waals surface area contributed by atoms with E-state index in [4.69, 9.17) is 5.73 Å². The summed E-state index contributed by atoms with van der Waals surface area (Å²) in [5.41, 5.74) is 8.94. The third-order valence-corrected chi connectivity index (χ3v) is 3.18. The molecule has 4 N–H and O–H groups in total. The highest BCUT2D eigenvalue weighted by Crippen LogP contribution is 2.24. The summed E-state index contributed by atoms with van der Waals surface area (Å²) in [7, 11) is 0. The minimum atomic E-state index is -0.939. The van der Waals surface area contributed by atoms with E-state index in [1.54, 1.807) is 6.92 Å². The summed E-state index contributed by atoms with van der Waals surface area (Å²) in [6.45, 7) is 3.69. The maximum Gasteiger partial charge on any atom is 0.339 e. The summed E-state index contributed by atoms with van der Waals surface area (Å²) in [6.07, 6.45) is 0.727. The molecule has 0 fully saturated rings. The van der Waals surface area contributed by atoms with Gasteiger partial charge in [0, 0.05) is 17.3 Å². The number of anilines is 1. The van der Waals surface area contributed by atoms with Crippen molar-refractivity contribution in [2.75, 3.05) is 5.73 Å². The Hall–Kier alpha value is -2.30. The highest BCUT2D eigenvalue weighted by molar-refractivity contribution is 5.90. The Bertz CT molecular complexity index is 587. The molecule has 5 nitrogen and oxygen atoms in total. The monoisotopic (exact) mass is 259 g/mol. The quantitative estimate of drug-likeness (QED) is 0.735. The molecule has 0 amide bonds. The van der Waals surface area contributed by atoms with Gasteiger partial charge in [0.05, 0.1) is 5.69 Å². The number of carboxylic acids is 1. The number of aromatic carboxylic acids is 1. The Morgan fingerprint density at radius 3 is 2.63 bits per heavy atom. The minimum Gasteiger partial charge on any atom is -0.478 e. The van der Waals surface area contributed by atoms with Gasteiger partial charge in [-0.1, -0.05) is 19.1 Å². The van der Waals surface area contributed by atoms with E-state index < -0.39 is 5.97 Å². The van der Waals surface area contributed by atoms with Gasteiger partial charge in [-0.25, -0.2) is 4.79 Å². The lowest BCUT2D eigenvalue weighted by atomic mass is 9.95. The summed E-state index contributed by atoms with van der Waals surface area (Å²) in [5.74, 6) is -0.912. The van der Waals surface area contributed by atoms with Gasteiger partial charge in [0.2, 0.25) is 0 Å². The van der Waals surface area contributed by atoms with Crippen molar-refractivity contribution < 1.29 is 9.90 Å². The maximum atomic E-state index is 11.2. The molecule has 0 bridgehead atoms. The number of nitrogens with zero attached hydrogens (tertiary/aromatic N) is 1. The molecule has 100 valence electrons. The van der Waals surface area contributed by atoms with Crippen molar-refractivity contribution in [1.29, 1.82) is 0 Å². The van der Waals surface area contributed by atoms with Gasteiger partial charge in [-0.15, -0.1) is 0 Å². The molecule has 0 aliphatic rings. The lowest BCUT2D eigenvalue weighted by molar-refractivity contribution is 0.0694. The number of rotatable bonds is 4. The minimum absolute atomic E-state index is 0.0275. The van der Waals surface area contributed by atoms with Gasteiger partial charge in [-0.3, -0.25) is 5.10 Å². The number of hydrogen-bond donors (Lipinski definition) is 3. The Morgan fingerprint density at radius 1 is 1.42 bits per heavy atom. The molecule has 0 saturated carbocycles.